The zero-order valence-corrected chi connectivity index (χ0v) is 19.6. The fourth-order valence-corrected chi connectivity index (χ4v) is 4.11. The molecule has 2 aliphatic heterocycles. The molecule has 36 heavy (non-hydrogen) atoms. The van der Waals surface area contributed by atoms with E-state index in [2.05, 4.69) is 16.0 Å². The van der Waals surface area contributed by atoms with Gasteiger partial charge in [0.2, 0.25) is 0 Å². The van der Waals surface area contributed by atoms with Crippen LogP contribution in [0.25, 0.3) is 0 Å². The first-order valence-corrected chi connectivity index (χ1v) is 11.7. The van der Waals surface area contributed by atoms with Gasteiger partial charge in [0.1, 0.15) is 6.29 Å². The fraction of sp³-hybridized carbons (Fsp3) is 0.348. The summed E-state index contributed by atoms with van der Waals surface area (Å²) < 4.78 is 10.3. The first-order valence-electron chi connectivity index (χ1n) is 11.7. The number of nitrogens with one attached hydrogen (secondary N) is 3. The van der Waals surface area contributed by atoms with Crippen molar-refractivity contribution in [1.82, 2.24) is 16.0 Å². The van der Waals surface area contributed by atoms with E-state index in [1.165, 1.54) is 0 Å². The van der Waals surface area contributed by atoms with E-state index in [0.717, 1.165) is 11.1 Å². The van der Waals surface area contributed by atoms with Gasteiger partial charge >= 0.3 is 14.2 Å². The SMILES string of the molecule is N[C@H](C=O)CCCNC(CNC(=O)c1ccc2c(c1)B(O)OC2)NC(=O)c1ccc2c(c1)B(O)OC2. The van der Waals surface area contributed by atoms with Crippen molar-refractivity contribution in [3.63, 3.8) is 0 Å². The summed E-state index contributed by atoms with van der Waals surface area (Å²) in [5, 5.41) is 28.6. The number of nitrogens with two attached hydrogens (primary N) is 1. The lowest BCUT2D eigenvalue weighted by molar-refractivity contribution is -0.109. The lowest BCUT2D eigenvalue weighted by Crippen LogP contribution is -2.52. The predicted molar refractivity (Wildman–Crippen MR) is 133 cm³/mol. The minimum Gasteiger partial charge on any atom is -0.423 e. The smallest absolute Gasteiger partial charge is 0.423 e. The third-order valence-corrected chi connectivity index (χ3v) is 6.19. The van der Waals surface area contributed by atoms with E-state index in [0.29, 0.717) is 47.7 Å². The summed E-state index contributed by atoms with van der Waals surface area (Å²) in [5.41, 5.74) is 9.07. The fourth-order valence-electron chi connectivity index (χ4n) is 4.11. The van der Waals surface area contributed by atoms with Crippen LogP contribution in [0.4, 0.5) is 0 Å². The summed E-state index contributed by atoms with van der Waals surface area (Å²) in [6.07, 6.45) is 1.12. The number of hydrogen-bond acceptors (Lipinski definition) is 9. The highest BCUT2D eigenvalue weighted by molar-refractivity contribution is 6.62. The number of fused-ring (bicyclic) bond motifs is 2. The molecule has 188 valence electrons. The highest BCUT2D eigenvalue weighted by Gasteiger charge is 2.29. The van der Waals surface area contributed by atoms with Gasteiger partial charge in [0, 0.05) is 11.1 Å². The van der Waals surface area contributed by atoms with Crippen molar-refractivity contribution in [2.75, 3.05) is 13.1 Å². The van der Waals surface area contributed by atoms with E-state index in [1.807, 2.05) is 0 Å². The molecule has 2 heterocycles. The average molecular weight is 494 g/mol. The second-order valence-corrected chi connectivity index (χ2v) is 8.79. The molecule has 2 aromatic rings. The monoisotopic (exact) mass is 494 g/mol. The van der Waals surface area contributed by atoms with Gasteiger partial charge < -0.3 is 40.5 Å². The molecule has 0 spiro atoms. The molecule has 7 N–H and O–H groups in total. The summed E-state index contributed by atoms with van der Waals surface area (Å²) >= 11 is 0. The Labute approximate surface area is 209 Å². The maximum Gasteiger partial charge on any atom is 0.491 e. The van der Waals surface area contributed by atoms with E-state index in [9.17, 15) is 24.4 Å². The molecule has 0 saturated carbocycles. The number of carbonyl (C=O) groups excluding carboxylic acids is 3. The number of aldehydes is 1. The van der Waals surface area contributed by atoms with Gasteiger partial charge in [-0.25, -0.2) is 0 Å². The van der Waals surface area contributed by atoms with Crippen molar-refractivity contribution in [3.05, 3.63) is 58.7 Å². The Morgan fingerprint density at radius 3 is 2.17 bits per heavy atom. The van der Waals surface area contributed by atoms with Crippen LogP contribution in [0.5, 0.6) is 0 Å². The van der Waals surface area contributed by atoms with Gasteiger partial charge in [-0.2, -0.15) is 0 Å². The highest BCUT2D eigenvalue weighted by atomic mass is 16.5. The molecule has 13 heteroatoms. The predicted octanol–water partition coefficient (Wildman–Crippen LogP) is -2.50. The topological polar surface area (TPSA) is 172 Å². The van der Waals surface area contributed by atoms with Crippen LogP contribution in [-0.4, -0.2) is 67.7 Å². The molecule has 11 nitrogen and oxygen atoms in total. The highest BCUT2D eigenvalue weighted by Crippen LogP contribution is 2.12. The molecule has 4 rings (SSSR count). The molecular weight excluding hydrogens is 466 g/mol. The Kier molecular flexibility index (Phi) is 8.52. The summed E-state index contributed by atoms with van der Waals surface area (Å²) in [5.74, 6) is -0.773. The quantitative estimate of drug-likeness (QED) is 0.0856. The van der Waals surface area contributed by atoms with Crippen molar-refractivity contribution >= 4 is 43.3 Å². The summed E-state index contributed by atoms with van der Waals surface area (Å²) in [7, 11) is -2.13. The van der Waals surface area contributed by atoms with Gasteiger partial charge in [-0.05, 0) is 65.7 Å². The van der Waals surface area contributed by atoms with Crippen molar-refractivity contribution < 1.29 is 33.7 Å². The van der Waals surface area contributed by atoms with Crippen LogP contribution in [0.2, 0.25) is 0 Å². The number of carbonyl (C=O) groups is 3. The van der Waals surface area contributed by atoms with Crippen molar-refractivity contribution in [2.24, 2.45) is 5.73 Å². The van der Waals surface area contributed by atoms with Crippen molar-refractivity contribution in [2.45, 2.75) is 38.3 Å². The third kappa shape index (κ3) is 6.19. The summed E-state index contributed by atoms with van der Waals surface area (Å²) in [6, 6.07) is 9.37. The zero-order chi connectivity index (χ0) is 25.7. The second-order valence-electron chi connectivity index (χ2n) is 8.79. The lowest BCUT2D eigenvalue weighted by atomic mass is 9.78. The van der Waals surface area contributed by atoms with Crippen LogP contribution in [0.1, 0.15) is 44.7 Å². The summed E-state index contributed by atoms with van der Waals surface area (Å²) in [4.78, 5) is 36.4. The minimum atomic E-state index is -1.07. The maximum atomic E-state index is 12.9. The molecule has 2 amide bonds. The van der Waals surface area contributed by atoms with E-state index >= 15 is 0 Å². The van der Waals surface area contributed by atoms with Crippen LogP contribution in [0.3, 0.4) is 0 Å². The number of amides is 2. The van der Waals surface area contributed by atoms with E-state index in [1.54, 1.807) is 36.4 Å². The van der Waals surface area contributed by atoms with Crippen molar-refractivity contribution in [1.29, 1.82) is 0 Å². The van der Waals surface area contributed by atoms with Crippen LogP contribution in [-0.2, 0) is 27.3 Å². The van der Waals surface area contributed by atoms with Gasteiger partial charge in [-0.1, -0.05) is 12.1 Å². The molecule has 2 aliphatic rings. The largest absolute Gasteiger partial charge is 0.491 e. The number of benzene rings is 2. The number of hydrogen-bond donors (Lipinski definition) is 6. The molecule has 2 atom stereocenters. The Morgan fingerprint density at radius 1 is 1.00 bits per heavy atom. The lowest BCUT2D eigenvalue weighted by Gasteiger charge is -2.21. The van der Waals surface area contributed by atoms with Crippen LogP contribution >= 0.6 is 0 Å². The number of rotatable bonds is 11. The normalized spacial score (nSPS) is 15.8. The molecule has 0 aromatic heterocycles. The first-order chi connectivity index (χ1) is 17.4. The molecule has 0 radical (unpaired) electrons. The molecule has 0 fully saturated rings. The van der Waals surface area contributed by atoms with E-state index < -0.39 is 32.4 Å². The van der Waals surface area contributed by atoms with Crippen LogP contribution < -0.4 is 32.6 Å². The van der Waals surface area contributed by atoms with Gasteiger partial charge in [0.15, 0.2) is 0 Å². The van der Waals surface area contributed by atoms with Crippen LogP contribution in [0.15, 0.2) is 36.4 Å². The van der Waals surface area contributed by atoms with Crippen molar-refractivity contribution in [3.8, 4) is 0 Å². The van der Waals surface area contributed by atoms with Gasteiger partial charge in [-0.15, -0.1) is 0 Å². The third-order valence-electron chi connectivity index (χ3n) is 6.19. The maximum absolute atomic E-state index is 12.9. The molecule has 1 unspecified atom stereocenters. The Morgan fingerprint density at radius 2 is 1.58 bits per heavy atom. The van der Waals surface area contributed by atoms with Crippen LogP contribution in [0, 0.1) is 0 Å². The molecular formula is C23H28B2N4O7. The zero-order valence-electron chi connectivity index (χ0n) is 19.6. The Bertz CT molecular complexity index is 1140. The Balaban J connectivity index is 1.39. The second kappa shape index (κ2) is 11.8. The summed E-state index contributed by atoms with van der Waals surface area (Å²) in [6.45, 7) is 1.08. The average Bonchev–Trinajstić information content (AvgIpc) is 3.45. The van der Waals surface area contributed by atoms with Gasteiger partial charge in [0.05, 0.1) is 32.0 Å². The Hall–Kier alpha value is -3.06. The molecule has 0 bridgehead atoms. The first kappa shape index (κ1) is 26.0. The van der Waals surface area contributed by atoms with E-state index in [-0.39, 0.29) is 25.7 Å². The van der Waals surface area contributed by atoms with Gasteiger partial charge in [0.25, 0.3) is 11.8 Å². The molecule has 2 aromatic carbocycles. The minimum absolute atomic E-state index is 0.0666. The van der Waals surface area contributed by atoms with E-state index in [4.69, 9.17) is 15.0 Å². The molecule has 0 aliphatic carbocycles. The molecule has 0 saturated heterocycles. The van der Waals surface area contributed by atoms with Gasteiger partial charge in [-0.3, -0.25) is 14.9 Å². The standard InChI is InChI=1S/C23H28B2N4O7/c26-18(11-30)2-1-7-27-21(29-23(32)15-4-6-17-13-36-25(34)20(17)9-15)10-28-22(31)14-3-5-16-12-35-24(33)19(16)8-14/h3-6,8-9,11,18,21,27,33-34H,1-2,7,10,12-13,26H2,(H,28,31)(H,29,32)/t18-,21?/m0/s1.